The van der Waals surface area contributed by atoms with Crippen molar-refractivity contribution in [3.63, 3.8) is 0 Å². The maximum absolute atomic E-state index is 6.08. The summed E-state index contributed by atoms with van der Waals surface area (Å²) in [4.78, 5) is 2.60. The monoisotopic (exact) mass is 256 g/mol. The normalized spacial score (nSPS) is 15.3. The molecule has 18 heavy (non-hydrogen) atoms. The van der Waals surface area contributed by atoms with Crippen molar-refractivity contribution in [3.05, 3.63) is 0 Å². The van der Waals surface area contributed by atoms with E-state index in [1.165, 1.54) is 51.5 Å². The van der Waals surface area contributed by atoms with Gasteiger partial charge in [-0.25, -0.2) is 0 Å². The molecule has 0 bridgehead atoms. The first-order valence-electron chi connectivity index (χ1n) is 7.98. The molecule has 1 atom stereocenters. The lowest BCUT2D eigenvalue weighted by Crippen LogP contribution is -2.54. The molecule has 0 aliphatic rings. The molecule has 0 aliphatic heterocycles. The summed E-state index contributed by atoms with van der Waals surface area (Å²) in [5.41, 5.74) is 6.27. The maximum atomic E-state index is 6.08. The molecule has 1 unspecified atom stereocenters. The Bertz CT molecular complexity index is 192. The van der Waals surface area contributed by atoms with Gasteiger partial charge in [0.1, 0.15) is 0 Å². The molecule has 0 amide bonds. The fraction of sp³-hybridized carbons (Fsp3) is 1.00. The highest BCUT2D eigenvalue weighted by Gasteiger charge is 2.30. The van der Waals surface area contributed by atoms with Crippen LogP contribution < -0.4 is 5.73 Å². The largest absolute Gasteiger partial charge is 0.329 e. The van der Waals surface area contributed by atoms with E-state index in [0.29, 0.717) is 6.04 Å². The average Bonchev–Trinajstić information content (AvgIpc) is 2.35. The summed E-state index contributed by atoms with van der Waals surface area (Å²) < 4.78 is 0. The minimum absolute atomic E-state index is 0.191. The molecule has 0 saturated carbocycles. The first-order valence-corrected chi connectivity index (χ1v) is 7.98. The van der Waals surface area contributed by atoms with Crippen LogP contribution in [-0.4, -0.2) is 29.6 Å². The van der Waals surface area contributed by atoms with Gasteiger partial charge in [0, 0.05) is 18.1 Å². The van der Waals surface area contributed by atoms with Crippen LogP contribution in [0, 0.1) is 0 Å². The first-order chi connectivity index (χ1) is 8.51. The predicted octanol–water partition coefficient (Wildman–Crippen LogP) is 4.18. The zero-order valence-electron chi connectivity index (χ0n) is 13.5. The Morgan fingerprint density at radius 3 is 2.06 bits per heavy atom. The zero-order chi connectivity index (χ0) is 14.0. The summed E-state index contributed by atoms with van der Waals surface area (Å²) in [7, 11) is 0. The van der Waals surface area contributed by atoms with E-state index >= 15 is 0 Å². The number of hydrogen-bond donors (Lipinski definition) is 1. The van der Waals surface area contributed by atoms with E-state index in [0.717, 1.165) is 6.54 Å². The van der Waals surface area contributed by atoms with E-state index in [4.69, 9.17) is 5.73 Å². The van der Waals surface area contributed by atoms with Gasteiger partial charge in [0.25, 0.3) is 0 Å². The van der Waals surface area contributed by atoms with Gasteiger partial charge in [-0.15, -0.1) is 0 Å². The van der Waals surface area contributed by atoms with Crippen LogP contribution in [0.25, 0.3) is 0 Å². The number of unbranched alkanes of at least 4 members (excludes halogenated alkanes) is 4. The van der Waals surface area contributed by atoms with E-state index in [1.54, 1.807) is 0 Å². The van der Waals surface area contributed by atoms with Crippen molar-refractivity contribution >= 4 is 0 Å². The first kappa shape index (κ1) is 17.9. The molecule has 0 heterocycles. The van der Waals surface area contributed by atoms with Gasteiger partial charge < -0.3 is 5.73 Å². The van der Waals surface area contributed by atoms with Crippen LogP contribution in [0.5, 0.6) is 0 Å². The summed E-state index contributed by atoms with van der Waals surface area (Å²) >= 11 is 0. The minimum atomic E-state index is 0.191. The Labute approximate surface area is 115 Å². The van der Waals surface area contributed by atoms with Crippen molar-refractivity contribution in [1.29, 1.82) is 0 Å². The topological polar surface area (TPSA) is 29.3 Å². The summed E-state index contributed by atoms with van der Waals surface area (Å²) in [6.45, 7) is 13.4. The molecule has 0 radical (unpaired) electrons. The van der Waals surface area contributed by atoms with Crippen molar-refractivity contribution in [1.82, 2.24) is 4.90 Å². The quantitative estimate of drug-likeness (QED) is 0.562. The van der Waals surface area contributed by atoms with Gasteiger partial charge in [0.15, 0.2) is 0 Å². The van der Waals surface area contributed by atoms with Gasteiger partial charge in [-0.3, -0.25) is 4.90 Å². The highest BCUT2D eigenvalue weighted by molar-refractivity contribution is 4.89. The SMILES string of the molecule is CCCCCCCC(C)(CN)N(CCC)C(C)C. The van der Waals surface area contributed by atoms with Crippen LogP contribution >= 0.6 is 0 Å². The van der Waals surface area contributed by atoms with Crippen LogP contribution in [0.2, 0.25) is 0 Å². The molecular formula is C16H36N2. The Kier molecular flexibility index (Phi) is 9.76. The number of hydrogen-bond acceptors (Lipinski definition) is 2. The van der Waals surface area contributed by atoms with Gasteiger partial charge >= 0.3 is 0 Å². The van der Waals surface area contributed by atoms with E-state index in [2.05, 4.69) is 39.5 Å². The molecule has 0 spiro atoms. The molecule has 2 nitrogen and oxygen atoms in total. The lowest BCUT2D eigenvalue weighted by atomic mass is 9.90. The molecule has 110 valence electrons. The molecule has 2 heteroatoms. The van der Waals surface area contributed by atoms with E-state index in [-0.39, 0.29) is 5.54 Å². The van der Waals surface area contributed by atoms with E-state index in [1.807, 2.05) is 0 Å². The summed E-state index contributed by atoms with van der Waals surface area (Å²) in [5, 5.41) is 0. The molecule has 0 aromatic rings. The molecule has 0 aliphatic carbocycles. The summed E-state index contributed by atoms with van der Waals surface area (Å²) in [5.74, 6) is 0. The van der Waals surface area contributed by atoms with Crippen LogP contribution in [0.4, 0.5) is 0 Å². The Morgan fingerprint density at radius 1 is 1.00 bits per heavy atom. The third kappa shape index (κ3) is 6.19. The molecule has 0 fully saturated rings. The van der Waals surface area contributed by atoms with Gasteiger partial charge in [0.05, 0.1) is 0 Å². The summed E-state index contributed by atoms with van der Waals surface area (Å²) in [6.07, 6.45) is 9.22. The number of nitrogens with zero attached hydrogens (tertiary/aromatic N) is 1. The third-order valence-corrected chi connectivity index (χ3v) is 4.04. The third-order valence-electron chi connectivity index (χ3n) is 4.04. The van der Waals surface area contributed by atoms with Gasteiger partial charge in [0.2, 0.25) is 0 Å². The highest BCUT2D eigenvalue weighted by atomic mass is 15.2. The van der Waals surface area contributed by atoms with Gasteiger partial charge in [-0.2, -0.15) is 0 Å². The van der Waals surface area contributed by atoms with Crippen molar-refractivity contribution in [2.75, 3.05) is 13.1 Å². The Morgan fingerprint density at radius 2 is 1.61 bits per heavy atom. The molecule has 0 aromatic carbocycles. The van der Waals surface area contributed by atoms with Gasteiger partial charge in [-0.05, 0) is 40.2 Å². The fourth-order valence-electron chi connectivity index (χ4n) is 2.86. The predicted molar refractivity (Wildman–Crippen MR) is 83.0 cm³/mol. The van der Waals surface area contributed by atoms with Crippen LogP contribution in [-0.2, 0) is 0 Å². The van der Waals surface area contributed by atoms with Crippen LogP contribution in [0.15, 0.2) is 0 Å². The van der Waals surface area contributed by atoms with Crippen LogP contribution in [0.3, 0.4) is 0 Å². The van der Waals surface area contributed by atoms with Crippen molar-refractivity contribution in [2.24, 2.45) is 5.73 Å². The number of nitrogens with two attached hydrogens (primary N) is 1. The molecule has 0 saturated heterocycles. The standard InChI is InChI=1S/C16H36N2/c1-6-8-9-10-11-12-16(5,14-17)18(13-7-2)15(3)4/h15H,6-14,17H2,1-5H3. The summed E-state index contributed by atoms with van der Waals surface area (Å²) in [6, 6.07) is 0.592. The average molecular weight is 256 g/mol. The zero-order valence-corrected chi connectivity index (χ0v) is 13.5. The smallest absolute Gasteiger partial charge is 0.0306 e. The van der Waals surface area contributed by atoms with Crippen molar-refractivity contribution in [2.45, 2.75) is 91.1 Å². The van der Waals surface area contributed by atoms with E-state index in [9.17, 15) is 0 Å². The number of rotatable bonds is 11. The maximum Gasteiger partial charge on any atom is 0.0306 e. The van der Waals surface area contributed by atoms with E-state index < -0.39 is 0 Å². The second kappa shape index (κ2) is 9.80. The molecule has 0 rings (SSSR count). The van der Waals surface area contributed by atoms with Crippen molar-refractivity contribution in [3.8, 4) is 0 Å². The molecule has 0 aromatic heterocycles. The lowest BCUT2D eigenvalue weighted by Gasteiger charge is -2.43. The fourth-order valence-corrected chi connectivity index (χ4v) is 2.86. The second-order valence-electron chi connectivity index (χ2n) is 6.15. The van der Waals surface area contributed by atoms with Crippen LogP contribution in [0.1, 0.15) is 79.6 Å². The lowest BCUT2D eigenvalue weighted by molar-refractivity contribution is 0.0661. The Balaban J connectivity index is 4.28. The Hall–Kier alpha value is -0.0800. The minimum Gasteiger partial charge on any atom is -0.329 e. The highest BCUT2D eigenvalue weighted by Crippen LogP contribution is 2.24. The van der Waals surface area contributed by atoms with Gasteiger partial charge in [-0.1, -0.05) is 46.0 Å². The van der Waals surface area contributed by atoms with Crippen molar-refractivity contribution < 1.29 is 0 Å². The molecule has 2 N–H and O–H groups in total. The molecular weight excluding hydrogens is 220 g/mol. The second-order valence-corrected chi connectivity index (χ2v) is 6.15.